The van der Waals surface area contributed by atoms with Gasteiger partial charge >= 0.3 is 0 Å². The van der Waals surface area contributed by atoms with Gasteiger partial charge in [0.05, 0.1) is 0 Å². The smallest absolute Gasteiger partial charge is 0.293 e. The maximum atomic E-state index is 12.1. The van der Waals surface area contributed by atoms with Crippen LogP contribution in [0.4, 0.5) is 5.82 Å². The van der Waals surface area contributed by atoms with Gasteiger partial charge in [-0.15, -0.1) is 0 Å². The Kier molecular flexibility index (Phi) is 3.47. The highest BCUT2D eigenvalue weighted by Gasteiger charge is 2.25. The maximum Gasteiger partial charge on any atom is 0.293 e. The Bertz CT molecular complexity index is 436. The number of aromatic nitrogens is 2. The molecule has 94 valence electrons. The van der Waals surface area contributed by atoms with Crippen LogP contribution < -0.4 is 16.6 Å². The largest absolute Gasteiger partial charge is 0.363 e. The molecule has 1 aromatic rings. The molecular formula is C12H20N4O. The average molecular weight is 236 g/mol. The van der Waals surface area contributed by atoms with Gasteiger partial charge in [-0.2, -0.15) is 0 Å². The molecule has 17 heavy (non-hydrogen) atoms. The van der Waals surface area contributed by atoms with Crippen molar-refractivity contribution in [3.05, 3.63) is 22.7 Å². The van der Waals surface area contributed by atoms with Gasteiger partial charge in [0.1, 0.15) is 0 Å². The van der Waals surface area contributed by atoms with Gasteiger partial charge in [-0.3, -0.25) is 4.79 Å². The van der Waals surface area contributed by atoms with Crippen molar-refractivity contribution in [3.8, 4) is 0 Å². The molecular weight excluding hydrogens is 216 g/mol. The lowest BCUT2D eigenvalue weighted by Gasteiger charge is -2.16. The Labute approximate surface area is 101 Å². The summed E-state index contributed by atoms with van der Waals surface area (Å²) >= 11 is 0. The molecule has 0 amide bonds. The molecule has 1 heterocycles. The molecule has 5 nitrogen and oxygen atoms in total. The van der Waals surface area contributed by atoms with Crippen LogP contribution in [0.3, 0.4) is 0 Å². The molecule has 3 N–H and O–H groups in total. The molecule has 0 spiro atoms. The van der Waals surface area contributed by atoms with Crippen molar-refractivity contribution < 1.29 is 0 Å². The predicted octanol–water partition coefficient (Wildman–Crippen LogP) is 1.12. The summed E-state index contributed by atoms with van der Waals surface area (Å²) in [4.78, 5) is 16.2. The van der Waals surface area contributed by atoms with E-state index in [4.69, 9.17) is 5.73 Å². The fourth-order valence-corrected chi connectivity index (χ4v) is 2.01. The van der Waals surface area contributed by atoms with Crippen LogP contribution in [0.25, 0.3) is 0 Å². The number of nitrogens with two attached hydrogens (primary N) is 1. The van der Waals surface area contributed by atoms with Gasteiger partial charge < -0.3 is 15.6 Å². The van der Waals surface area contributed by atoms with E-state index in [1.54, 1.807) is 17.0 Å². The quantitative estimate of drug-likeness (QED) is 0.803. The first-order valence-corrected chi connectivity index (χ1v) is 6.17. The van der Waals surface area contributed by atoms with Gasteiger partial charge in [0, 0.05) is 30.5 Å². The molecule has 2 atom stereocenters. The summed E-state index contributed by atoms with van der Waals surface area (Å²) in [6.45, 7) is 3.97. The van der Waals surface area contributed by atoms with Crippen LogP contribution in [-0.4, -0.2) is 21.6 Å². The third-order valence-corrected chi connectivity index (χ3v) is 2.92. The predicted molar refractivity (Wildman–Crippen MR) is 68.1 cm³/mol. The van der Waals surface area contributed by atoms with Crippen molar-refractivity contribution in [1.82, 2.24) is 9.55 Å². The number of hydrogen-bond donors (Lipinski definition) is 2. The third kappa shape index (κ3) is 3.06. The van der Waals surface area contributed by atoms with E-state index in [-0.39, 0.29) is 17.6 Å². The fraction of sp³-hybridized carbons (Fsp3) is 0.667. The van der Waals surface area contributed by atoms with Crippen molar-refractivity contribution in [2.75, 3.05) is 5.32 Å². The van der Waals surface area contributed by atoms with E-state index in [9.17, 15) is 4.79 Å². The normalized spacial score (nSPS) is 18.8. The second kappa shape index (κ2) is 4.87. The Hall–Kier alpha value is -1.36. The molecule has 0 bridgehead atoms. The van der Waals surface area contributed by atoms with Gasteiger partial charge in [-0.25, -0.2) is 4.98 Å². The molecule has 1 saturated carbocycles. The summed E-state index contributed by atoms with van der Waals surface area (Å²) in [6.07, 6.45) is 6.46. The van der Waals surface area contributed by atoms with Crippen molar-refractivity contribution in [2.45, 2.75) is 51.2 Å². The fourth-order valence-electron chi connectivity index (χ4n) is 2.01. The van der Waals surface area contributed by atoms with E-state index in [1.807, 2.05) is 13.8 Å². The summed E-state index contributed by atoms with van der Waals surface area (Å²) < 4.78 is 1.77. The number of hydrogen-bond acceptors (Lipinski definition) is 4. The molecule has 0 aliphatic heterocycles. The maximum absolute atomic E-state index is 12.1. The minimum absolute atomic E-state index is 0.0217. The average Bonchev–Trinajstić information content (AvgIpc) is 3.03. The topological polar surface area (TPSA) is 72.9 Å². The number of anilines is 1. The molecule has 1 fully saturated rings. The summed E-state index contributed by atoms with van der Waals surface area (Å²) in [5, 5.41) is 3.14. The lowest BCUT2D eigenvalue weighted by Crippen LogP contribution is -2.31. The van der Waals surface area contributed by atoms with Crippen LogP contribution in [0, 0.1) is 0 Å². The summed E-state index contributed by atoms with van der Waals surface area (Å²) in [5.41, 5.74) is 5.71. The lowest BCUT2D eigenvalue weighted by atomic mass is 10.1. The summed E-state index contributed by atoms with van der Waals surface area (Å²) in [6, 6.07) is 0.659. The van der Waals surface area contributed by atoms with Crippen LogP contribution in [0.15, 0.2) is 17.2 Å². The first kappa shape index (κ1) is 12.1. The van der Waals surface area contributed by atoms with Gasteiger partial charge in [-0.05, 0) is 33.1 Å². The van der Waals surface area contributed by atoms with E-state index in [2.05, 4.69) is 10.3 Å². The van der Waals surface area contributed by atoms with E-state index >= 15 is 0 Å². The van der Waals surface area contributed by atoms with Crippen LogP contribution >= 0.6 is 0 Å². The van der Waals surface area contributed by atoms with Gasteiger partial charge in [0.25, 0.3) is 5.56 Å². The first-order valence-electron chi connectivity index (χ1n) is 6.17. The minimum Gasteiger partial charge on any atom is -0.363 e. The number of nitrogens with zero attached hydrogens (tertiary/aromatic N) is 2. The third-order valence-electron chi connectivity index (χ3n) is 2.92. The second-order valence-electron chi connectivity index (χ2n) is 4.98. The standard InChI is InChI=1S/C12H20N4O/c1-8(13)7-9(2)15-11-12(17)16(6-5-14-11)10-3-4-10/h5-6,8-10H,3-4,7,13H2,1-2H3,(H,14,15). The van der Waals surface area contributed by atoms with Crippen LogP contribution in [0.5, 0.6) is 0 Å². The van der Waals surface area contributed by atoms with E-state index < -0.39 is 0 Å². The summed E-state index contributed by atoms with van der Waals surface area (Å²) in [7, 11) is 0. The molecule has 2 unspecified atom stereocenters. The van der Waals surface area contributed by atoms with E-state index in [0.29, 0.717) is 11.9 Å². The summed E-state index contributed by atoms with van der Waals surface area (Å²) in [5.74, 6) is 0.438. The zero-order chi connectivity index (χ0) is 12.4. The SMILES string of the molecule is CC(N)CC(C)Nc1nccn(C2CC2)c1=O. The Morgan fingerprint density at radius 3 is 2.88 bits per heavy atom. The number of nitrogens with one attached hydrogen (secondary N) is 1. The molecule has 1 aliphatic carbocycles. The van der Waals surface area contributed by atoms with Crippen molar-refractivity contribution in [1.29, 1.82) is 0 Å². The number of rotatable bonds is 5. The van der Waals surface area contributed by atoms with Gasteiger partial charge in [0.2, 0.25) is 0 Å². The molecule has 0 saturated heterocycles. The van der Waals surface area contributed by atoms with Crippen molar-refractivity contribution >= 4 is 5.82 Å². The molecule has 5 heteroatoms. The molecule has 1 aromatic heterocycles. The van der Waals surface area contributed by atoms with Crippen LogP contribution in [0.1, 0.15) is 39.2 Å². The van der Waals surface area contributed by atoms with E-state index in [0.717, 1.165) is 19.3 Å². The highest BCUT2D eigenvalue weighted by Crippen LogP contribution is 2.33. The highest BCUT2D eigenvalue weighted by atomic mass is 16.1. The Morgan fingerprint density at radius 1 is 1.59 bits per heavy atom. The van der Waals surface area contributed by atoms with E-state index in [1.165, 1.54) is 0 Å². The van der Waals surface area contributed by atoms with Crippen LogP contribution in [0.2, 0.25) is 0 Å². The minimum atomic E-state index is -0.0217. The molecule has 0 aromatic carbocycles. The zero-order valence-corrected chi connectivity index (χ0v) is 10.4. The Balaban J connectivity index is 2.10. The lowest BCUT2D eigenvalue weighted by molar-refractivity contribution is 0.600. The van der Waals surface area contributed by atoms with Crippen molar-refractivity contribution in [3.63, 3.8) is 0 Å². The zero-order valence-electron chi connectivity index (χ0n) is 10.4. The molecule has 1 aliphatic rings. The van der Waals surface area contributed by atoms with Crippen LogP contribution in [-0.2, 0) is 0 Å². The van der Waals surface area contributed by atoms with Gasteiger partial charge in [-0.1, -0.05) is 0 Å². The molecule has 0 radical (unpaired) electrons. The van der Waals surface area contributed by atoms with Crippen molar-refractivity contribution in [2.24, 2.45) is 5.73 Å². The monoisotopic (exact) mass is 236 g/mol. The van der Waals surface area contributed by atoms with Gasteiger partial charge in [0.15, 0.2) is 5.82 Å². The Morgan fingerprint density at radius 2 is 2.29 bits per heavy atom. The second-order valence-corrected chi connectivity index (χ2v) is 4.98. The molecule has 2 rings (SSSR count). The first-order chi connectivity index (χ1) is 8.08. The highest BCUT2D eigenvalue weighted by molar-refractivity contribution is 5.32.